The number of rotatable bonds is 9. The fourth-order valence-corrected chi connectivity index (χ4v) is 9.75. The molecule has 0 amide bonds. The number of Topliss-reactive ketones (excluding diaryl/α,β-unsaturated/α-hetero) is 1. The first-order valence-electron chi connectivity index (χ1n) is 20.7. The first-order chi connectivity index (χ1) is 29.4. The molecule has 0 atom stereocenters. The quantitative estimate of drug-likeness (QED) is 0.117. The molecule has 3 aliphatic rings. The van der Waals surface area contributed by atoms with Crippen molar-refractivity contribution in [3.63, 3.8) is 0 Å². The first-order valence-corrected chi connectivity index (χ1v) is 20.7. The first kappa shape index (κ1) is 35.7. The fourth-order valence-electron chi connectivity index (χ4n) is 9.75. The molecule has 2 heterocycles. The molecular formula is C54H42N4O2. The van der Waals surface area contributed by atoms with Crippen LogP contribution in [0.25, 0.3) is 32.7 Å². The molecule has 0 radical (unpaired) electrons. The highest BCUT2D eigenvalue weighted by Gasteiger charge is 2.42. The normalized spacial score (nSPS) is 16.6. The topological polar surface area (TPSA) is 85.8 Å². The Bertz CT molecular complexity index is 3060. The summed E-state index contributed by atoms with van der Waals surface area (Å²) >= 11 is 0. The van der Waals surface area contributed by atoms with E-state index in [4.69, 9.17) is 4.99 Å². The zero-order valence-corrected chi connectivity index (χ0v) is 33.0. The van der Waals surface area contributed by atoms with Crippen molar-refractivity contribution in [3.05, 3.63) is 226 Å². The molecule has 8 aromatic carbocycles. The Labute approximate surface area is 348 Å². The summed E-state index contributed by atoms with van der Waals surface area (Å²) in [6, 6.07) is 62.3. The molecule has 0 aromatic heterocycles. The summed E-state index contributed by atoms with van der Waals surface area (Å²) in [6.07, 6.45) is 2.60. The van der Waals surface area contributed by atoms with E-state index in [9.17, 15) is 9.90 Å². The van der Waals surface area contributed by atoms with Gasteiger partial charge in [-0.2, -0.15) is 0 Å². The van der Waals surface area contributed by atoms with Crippen LogP contribution in [0.15, 0.2) is 193 Å². The molecular weight excluding hydrogens is 737 g/mol. The second-order valence-corrected chi connectivity index (χ2v) is 16.4. The number of ketones is 1. The van der Waals surface area contributed by atoms with Crippen LogP contribution >= 0.6 is 0 Å². The van der Waals surface area contributed by atoms with Gasteiger partial charge in [-0.3, -0.25) is 9.79 Å². The van der Waals surface area contributed by atoms with E-state index in [1.54, 1.807) is 0 Å². The number of nitrogens with one attached hydrogen (secondary N) is 3. The number of allylic oxidation sites excluding steroid dienone is 2. The van der Waals surface area contributed by atoms with E-state index in [1.807, 2.05) is 48.5 Å². The molecule has 0 spiro atoms. The fraction of sp³-hybridized carbons (Fsp3) is 0.111. The molecule has 0 unspecified atom stereocenters. The number of benzene rings is 8. The minimum Gasteiger partial charge on any atom is -0.506 e. The number of aliphatic hydroxyl groups excluding tert-OH is 1. The number of anilines is 3. The van der Waals surface area contributed by atoms with Gasteiger partial charge in [-0.15, -0.1) is 0 Å². The minimum absolute atomic E-state index is 0.0105. The zero-order chi connectivity index (χ0) is 40.3. The number of carbonyl (C=O) groups excluding carboxylic acids is 1. The van der Waals surface area contributed by atoms with Crippen molar-refractivity contribution >= 4 is 55.5 Å². The second kappa shape index (κ2) is 14.1. The summed E-state index contributed by atoms with van der Waals surface area (Å²) < 4.78 is 0. The van der Waals surface area contributed by atoms with Crippen molar-refractivity contribution in [2.24, 2.45) is 4.99 Å². The lowest BCUT2D eigenvalue weighted by molar-refractivity contribution is -0.109. The molecule has 6 heteroatoms. The van der Waals surface area contributed by atoms with Gasteiger partial charge >= 0.3 is 0 Å². The van der Waals surface area contributed by atoms with E-state index in [-0.39, 0.29) is 11.5 Å². The lowest BCUT2D eigenvalue weighted by Gasteiger charge is -2.43. The van der Waals surface area contributed by atoms with Gasteiger partial charge in [0.05, 0.1) is 22.2 Å². The van der Waals surface area contributed by atoms with Gasteiger partial charge in [0.2, 0.25) is 5.78 Å². The Kier molecular flexibility index (Phi) is 8.41. The lowest BCUT2D eigenvalue weighted by Crippen LogP contribution is -2.52. The Balaban J connectivity index is 1.10. The van der Waals surface area contributed by atoms with E-state index in [0.29, 0.717) is 47.6 Å². The number of aliphatic hydroxyl groups is 1. The van der Waals surface area contributed by atoms with Crippen molar-refractivity contribution in [1.82, 2.24) is 0 Å². The van der Waals surface area contributed by atoms with Crippen LogP contribution in [-0.4, -0.2) is 22.2 Å². The molecule has 290 valence electrons. The number of nitrogens with zero attached hydrogens (tertiary/aromatic N) is 1. The number of carbonyl (C=O) groups is 1. The van der Waals surface area contributed by atoms with Gasteiger partial charge < -0.3 is 21.1 Å². The Morgan fingerprint density at radius 1 is 0.467 bits per heavy atom. The third-order valence-corrected chi connectivity index (χ3v) is 12.3. The van der Waals surface area contributed by atoms with Crippen LogP contribution in [0, 0.1) is 0 Å². The molecule has 6 nitrogen and oxygen atoms in total. The van der Waals surface area contributed by atoms with Gasteiger partial charge in [-0.05, 0) is 45.2 Å². The van der Waals surface area contributed by atoms with Gasteiger partial charge in [0.25, 0.3) is 0 Å². The Morgan fingerprint density at radius 3 is 1.52 bits per heavy atom. The highest BCUT2D eigenvalue weighted by molar-refractivity contribution is 6.52. The smallest absolute Gasteiger partial charge is 0.201 e. The lowest BCUT2D eigenvalue weighted by atomic mass is 9.79. The largest absolute Gasteiger partial charge is 0.506 e. The van der Waals surface area contributed by atoms with Crippen LogP contribution in [0.4, 0.5) is 17.1 Å². The minimum atomic E-state index is -0.758. The maximum atomic E-state index is 14.9. The van der Waals surface area contributed by atoms with Crippen LogP contribution in [0.1, 0.15) is 27.8 Å². The van der Waals surface area contributed by atoms with Crippen LogP contribution < -0.4 is 26.5 Å². The van der Waals surface area contributed by atoms with Crippen molar-refractivity contribution in [1.29, 1.82) is 0 Å². The van der Waals surface area contributed by atoms with E-state index in [1.165, 1.54) is 11.1 Å². The summed E-state index contributed by atoms with van der Waals surface area (Å²) in [5.74, 6) is -0.208. The van der Waals surface area contributed by atoms with Crippen LogP contribution in [0.2, 0.25) is 0 Å². The van der Waals surface area contributed by atoms with Crippen molar-refractivity contribution in [3.8, 4) is 0 Å². The second-order valence-electron chi connectivity index (χ2n) is 16.4. The van der Waals surface area contributed by atoms with Crippen LogP contribution in [-0.2, 0) is 30.5 Å². The predicted octanol–water partition coefficient (Wildman–Crippen LogP) is 9.94. The van der Waals surface area contributed by atoms with Crippen molar-refractivity contribution in [2.75, 3.05) is 16.0 Å². The van der Waals surface area contributed by atoms with Crippen molar-refractivity contribution < 1.29 is 9.90 Å². The molecule has 2 aliphatic heterocycles. The standard InChI is InChI=1S/C54H42N4O2/c59-51-47(41-29-27-39-23-13-25-43-45(39)49(41)57-53(55-43,31-35-15-5-1-6-16-35)32-36-17-7-2-8-18-36)52(60)48(51)42-30-28-40-24-14-26-44-46(40)50(42)58-54(56-44,33-37-19-9-3-10-20-37)34-38-21-11-4-12-22-38/h1-30,55-57,59H,31-34H2/b48-42-. The molecule has 11 rings (SSSR count). The molecule has 0 bridgehead atoms. The van der Waals surface area contributed by atoms with Crippen molar-refractivity contribution in [2.45, 2.75) is 37.0 Å². The Hall–Kier alpha value is -7.44. The highest BCUT2D eigenvalue weighted by atomic mass is 16.3. The predicted molar refractivity (Wildman–Crippen MR) is 244 cm³/mol. The third kappa shape index (κ3) is 6.11. The maximum absolute atomic E-state index is 14.9. The highest BCUT2D eigenvalue weighted by Crippen LogP contribution is 2.47. The summed E-state index contributed by atoms with van der Waals surface area (Å²) in [5, 5.41) is 29.4. The summed E-state index contributed by atoms with van der Waals surface area (Å²) in [4.78, 5) is 20.5. The van der Waals surface area contributed by atoms with Gasteiger partial charge in [0.1, 0.15) is 17.1 Å². The van der Waals surface area contributed by atoms with E-state index in [0.717, 1.165) is 55.1 Å². The SMILES string of the molecule is O=C1C(c2ccc3cccc4c3c2NC(Cc2ccccc2)(Cc2ccccc2)N4)=C(O)/C1=c1\ccc2cccc3c2c1=NC(Cc1ccccc1)(Cc1ccccc1)N3. The molecule has 0 fully saturated rings. The molecule has 0 saturated carbocycles. The van der Waals surface area contributed by atoms with Gasteiger partial charge in [-0.25, -0.2) is 0 Å². The summed E-state index contributed by atoms with van der Waals surface area (Å²) in [5.41, 5.74) is 7.33. The van der Waals surface area contributed by atoms with E-state index in [2.05, 4.69) is 149 Å². The number of hydrogen-bond acceptors (Lipinski definition) is 6. The molecule has 1 aliphatic carbocycles. The summed E-state index contributed by atoms with van der Waals surface area (Å²) in [7, 11) is 0. The van der Waals surface area contributed by atoms with Crippen LogP contribution in [0.5, 0.6) is 0 Å². The van der Waals surface area contributed by atoms with Gasteiger partial charge in [0, 0.05) is 58.6 Å². The van der Waals surface area contributed by atoms with Gasteiger partial charge in [0.15, 0.2) is 0 Å². The van der Waals surface area contributed by atoms with Gasteiger partial charge in [-0.1, -0.05) is 170 Å². The average Bonchev–Trinajstić information content (AvgIpc) is 3.27. The summed E-state index contributed by atoms with van der Waals surface area (Å²) in [6.45, 7) is 0. The zero-order valence-electron chi connectivity index (χ0n) is 33.0. The molecule has 4 N–H and O–H groups in total. The average molecular weight is 779 g/mol. The van der Waals surface area contributed by atoms with Crippen LogP contribution in [0.3, 0.4) is 0 Å². The van der Waals surface area contributed by atoms with E-state index < -0.39 is 11.3 Å². The monoisotopic (exact) mass is 778 g/mol. The molecule has 0 saturated heterocycles. The third-order valence-electron chi connectivity index (χ3n) is 12.3. The molecule has 60 heavy (non-hydrogen) atoms. The Morgan fingerprint density at radius 2 is 0.967 bits per heavy atom. The van der Waals surface area contributed by atoms with E-state index >= 15 is 0 Å². The molecule has 8 aromatic rings. The maximum Gasteiger partial charge on any atom is 0.201 e. The number of hydrogen-bond donors (Lipinski definition) is 4.